The normalized spacial score (nSPS) is 8.50. The van der Waals surface area contributed by atoms with Crippen LogP contribution >= 0.6 is 28.6 Å². The van der Waals surface area contributed by atoms with Crippen molar-refractivity contribution in [3.8, 4) is 5.75 Å². The first-order valence-electron chi connectivity index (χ1n) is 2.16. The molecule has 56 valence electrons. The van der Waals surface area contributed by atoms with Gasteiger partial charge in [0, 0.05) is 0 Å². The second kappa shape index (κ2) is 3.58. The van der Waals surface area contributed by atoms with Crippen molar-refractivity contribution in [2.24, 2.45) is 0 Å². The summed E-state index contributed by atoms with van der Waals surface area (Å²) in [6.45, 7) is 0. The van der Waals surface area contributed by atoms with Crippen LogP contribution in [0.1, 0.15) is 0 Å². The Morgan fingerprint density at radius 1 is 1.50 bits per heavy atom. The van der Waals surface area contributed by atoms with Crippen molar-refractivity contribution in [3.63, 3.8) is 0 Å². The molecule has 0 fully saturated rings. The molecule has 0 aliphatic carbocycles. The Bertz CT molecular complexity index is 211. The maximum absolute atomic E-state index is 8.82. The van der Waals surface area contributed by atoms with Crippen LogP contribution in [-0.2, 0) is 0 Å². The van der Waals surface area contributed by atoms with Gasteiger partial charge in [-0.25, -0.2) is 9.97 Å². The number of nitrogens with zero attached hydrogens (tertiary/aromatic N) is 2. The van der Waals surface area contributed by atoms with E-state index in [1.807, 2.05) is 0 Å². The molecule has 0 unspecified atom stereocenters. The first-order chi connectivity index (χ1) is 4.22. The number of nitrogens with two attached hydrogens (primary N) is 1. The van der Waals surface area contributed by atoms with Gasteiger partial charge in [-0.3, -0.25) is 0 Å². The SMILES string of the molecule is Br.Nc1ncnc(Cl)c1O. The molecule has 0 aliphatic rings. The Morgan fingerprint density at radius 3 is 2.50 bits per heavy atom. The highest BCUT2D eigenvalue weighted by Crippen LogP contribution is 2.23. The van der Waals surface area contributed by atoms with Crippen molar-refractivity contribution in [3.05, 3.63) is 11.5 Å². The third-order valence-electron chi connectivity index (χ3n) is 0.806. The van der Waals surface area contributed by atoms with Crippen LogP contribution in [0.2, 0.25) is 5.15 Å². The van der Waals surface area contributed by atoms with Crippen LogP contribution in [0.5, 0.6) is 5.75 Å². The predicted molar refractivity (Wildman–Crippen MR) is 43.4 cm³/mol. The highest BCUT2D eigenvalue weighted by Gasteiger charge is 2.01. The number of hydrogen-bond donors (Lipinski definition) is 2. The standard InChI is InChI=1S/C4H4ClN3O.BrH/c5-3-2(9)4(6)8-1-7-3;/h1,9H,(H2,6,7,8);1H. The summed E-state index contributed by atoms with van der Waals surface area (Å²) >= 11 is 5.33. The lowest BCUT2D eigenvalue weighted by molar-refractivity contribution is 0.473. The molecule has 1 rings (SSSR count). The van der Waals surface area contributed by atoms with Crippen LogP contribution < -0.4 is 5.73 Å². The predicted octanol–water partition coefficient (Wildman–Crippen LogP) is 0.996. The van der Waals surface area contributed by atoms with E-state index in [4.69, 9.17) is 22.4 Å². The summed E-state index contributed by atoms with van der Waals surface area (Å²) in [6.07, 6.45) is 1.18. The first-order valence-corrected chi connectivity index (χ1v) is 2.54. The van der Waals surface area contributed by atoms with Gasteiger partial charge in [0.2, 0.25) is 0 Å². The zero-order valence-corrected chi connectivity index (χ0v) is 7.25. The number of hydrogen-bond acceptors (Lipinski definition) is 4. The second-order valence-electron chi connectivity index (χ2n) is 1.40. The monoisotopic (exact) mass is 225 g/mol. The lowest BCUT2D eigenvalue weighted by Crippen LogP contribution is -1.91. The third-order valence-corrected chi connectivity index (χ3v) is 1.08. The van der Waals surface area contributed by atoms with Crippen molar-refractivity contribution in [1.29, 1.82) is 0 Å². The molecule has 0 bridgehead atoms. The summed E-state index contributed by atoms with van der Waals surface area (Å²) in [7, 11) is 0. The number of aromatic hydroxyl groups is 1. The van der Waals surface area contributed by atoms with Gasteiger partial charge in [0.15, 0.2) is 16.7 Å². The minimum Gasteiger partial charge on any atom is -0.502 e. The van der Waals surface area contributed by atoms with E-state index in [9.17, 15) is 0 Å². The number of rotatable bonds is 0. The maximum atomic E-state index is 8.82. The lowest BCUT2D eigenvalue weighted by Gasteiger charge is -1.95. The van der Waals surface area contributed by atoms with Crippen molar-refractivity contribution >= 4 is 34.4 Å². The summed E-state index contributed by atoms with van der Waals surface area (Å²) in [6, 6.07) is 0. The molecule has 0 aliphatic heterocycles. The van der Waals surface area contributed by atoms with E-state index < -0.39 is 0 Å². The van der Waals surface area contributed by atoms with Crippen molar-refractivity contribution in [1.82, 2.24) is 9.97 Å². The van der Waals surface area contributed by atoms with Gasteiger partial charge in [-0.05, 0) is 0 Å². The van der Waals surface area contributed by atoms with Crippen LogP contribution in [0.15, 0.2) is 6.33 Å². The van der Waals surface area contributed by atoms with Gasteiger partial charge >= 0.3 is 0 Å². The van der Waals surface area contributed by atoms with E-state index in [-0.39, 0.29) is 33.7 Å². The summed E-state index contributed by atoms with van der Waals surface area (Å²) < 4.78 is 0. The molecule has 6 heteroatoms. The van der Waals surface area contributed by atoms with Crippen LogP contribution in [0.4, 0.5) is 5.82 Å². The zero-order chi connectivity index (χ0) is 6.85. The molecule has 10 heavy (non-hydrogen) atoms. The summed E-state index contributed by atoms with van der Waals surface area (Å²) in [5.41, 5.74) is 5.14. The smallest absolute Gasteiger partial charge is 0.196 e. The van der Waals surface area contributed by atoms with Gasteiger partial charge < -0.3 is 10.8 Å². The van der Waals surface area contributed by atoms with E-state index in [0.717, 1.165) is 0 Å². The molecular weight excluding hydrogens is 221 g/mol. The van der Waals surface area contributed by atoms with E-state index in [2.05, 4.69) is 9.97 Å². The zero-order valence-electron chi connectivity index (χ0n) is 4.78. The Labute approximate surface area is 72.8 Å². The average Bonchev–Trinajstić information content (AvgIpc) is 1.83. The molecule has 0 amide bonds. The fraction of sp³-hybridized carbons (Fsp3) is 0. The van der Waals surface area contributed by atoms with Crippen molar-refractivity contribution in [2.45, 2.75) is 0 Å². The molecular formula is C4H5BrClN3O. The summed E-state index contributed by atoms with van der Waals surface area (Å²) in [5.74, 6) is -0.269. The fourth-order valence-corrected chi connectivity index (χ4v) is 0.510. The molecule has 1 heterocycles. The molecule has 0 saturated heterocycles. The van der Waals surface area contributed by atoms with Crippen LogP contribution in [0.25, 0.3) is 0 Å². The largest absolute Gasteiger partial charge is 0.502 e. The van der Waals surface area contributed by atoms with E-state index in [1.165, 1.54) is 6.33 Å². The molecule has 0 spiro atoms. The Kier molecular flexibility index (Phi) is 3.38. The fourth-order valence-electron chi connectivity index (χ4n) is 0.370. The summed E-state index contributed by atoms with van der Waals surface area (Å²) in [5, 5.41) is 8.80. The van der Waals surface area contributed by atoms with Crippen LogP contribution in [-0.4, -0.2) is 15.1 Å². The van der Waals surface area contributed by atoms with Gasteiger partial charge in [-0.1, -0.05) is 11.6 Å². The van der Waals surface area contributed by atoms with E-state index in [1.54, 1.807) is 0 Å². The quantitative estimate of drug-likeness (QED) is 0.647. The van der Waals surface area contributed by atoms with Crippen LogP contribution in [0.3, 0.4) is 0 Å². The van der Waals surface area contributed by atoms with Gasteiger partial charge in [0.1, 0.15) is 6.33 Å². The molecule has 3 N–H and O–H groups in total. The molecule has 0 aromatic carbocycles. The molecule has 0 radical (unpaired) electrons. The molecule has 0 saturated carbocycles. The molecule has 4 nitrogen and oxygen atoms in total. The van der Waals surface area contributed by atoms with Crippen molar-refractivity contribution in [2.75, 3.05) is 5.73 Å². The molecule has 1 aromatic heterocycles. The lowest BCUT2D eigenvalue weighted by atomic mass is 10.5. The number of aromatic nitrogens is 2. The average molecular weight is 226 g/mol. The molecule has 1 aromatic rings. The Morgan fingerprint density at radius 2 is 2.10 bits per heavy atom. The van der Waals surface area contributed by atoms with Gasteiger partial charge in [0.05, 0.1) is 0 Å². The van der Waals surface area contributed by atoms with Gasteiger partial charge in [-0.15, -0.1) is 17.0 Å². The highest BCUT2D eigenvalue weighted by atomic mass is 79.9. The Balaban J connectivity index is 0.000000810. The minimum absolute atomic E-state index is 0. The Hall–Kier alpha value is -0.550. The first kappa shape index (κ1) is 9.45. The number of anilines is 1. The van der Waals surface area contributed by atoms with Gasteiger partial charge in [-0.2, -0.15) is 0 Å². The number of halogens is 2. The highest BCUT2D eigenvalue weighted by molar-refractivity contribution is 8.93. The molecule has 0 atom stereocenters. The minimum atomic E-state index is -0.265. The summed E-state index contributed by atoms with van der Waals surface area (Å²) in [4.78, 5) is 6.94. The topological polar surface area (TPSA) is 72.0 Å². The second-order valence-corrected chi connectivity index (χ2v) is 1.76. The van der Waals surface area contributed by atoms with Crippen LogP contribution in [0, 0.1) is 0 Å². The van der Waals surface area contributed by atoms with Crippen molar-refractivity contribution < 1.29 is 5.11 Å². The maximum Gasteiger partial charge on any atom is 0.196 e. The number of nitrogen functional groups attached to an aromatic ring is 1. The van der Waals surface area contributed by atoms with Gasteiger partial charge in [0.25, 0.3) is 0 Å². The van der Waals surface area contributed by atoms with E-state index in [0.29, 0.717) is 0 Å². The third kappa shape index (κ3) is 1.71. The van der Waals surface area contributed by atoms with E-state index >= 15 is 0 Å².